The molecule has 106 valence electrons. The molecule has 2 rings (SSSR count). The highest BCUT2D eigenvalue weighted by atomic mass is 16.5. The molecule has 2 unspecified atom stereocenters. The summed E-state index contributed by atoms with van der Waals surface area (Å²) in [6.45, 7) is 7.96. The van der Waals surface area contributed by atoms with Gasteiger partial charge in [-0.3, -0.25) is 0 Å². The molecule has 0 aliphatic carbocycles. The fraction of sp³-hybridized carbons (Fsp3) is 1.00. The number of hydrogen-bond acceptors (Lipinski definition) is 4. The fourth-order valence-corrected chi connectivity index (χ4v) is 3.12. The van der Waals surface area contributed by atoms with Crippen molar-refractivity contribution < 1.29 is 14.2 Å². The first kappa shape index (κ1) is 14.3. The average molecular weight is 257 g/mol. The van der Waals surface area contributed by atoms with Gasteiger partial charge in [0.2, 0.25) is 0 Å². The lowest BCUT2D eigenvalue weighted by molar-refractivity contribution is -0.156. The van der Waals surface area contributed by atoms with Crippen LogP contribution in [0.1, 0.15) is 39.5 Å². The van der Waals surface area contributed by atoms with Crippen molar-refractivity contribution in [1.29, 1.82) is 0 Å². The molecule has 2 aliphatic rings. The van der Waals surface area contributed by atoms with E-state index in [1.54, 1.807) is 0 Å². The van der Waals surface area contributed by atoms with Crippen molar-refractivity contribution in [2.75, 3.05) is 33.0 Å². The maximum Gasteiger partial charge on any atom is 0.0729 e. The first-order valence-electron chi connectivity index (χ1n) is 7.16. The van der Waals surface area contributed by atoms with Crippen LogP contribution in [-0.2, 0) is 14.2 Å². The Morgan fingerprint density at radius 2 is 2.06 bits per heavy atom. The van der Waals surface area contributed by atoms with E-state index >= 15 is 0 Å². The second kappa shape index (κ2) is 5.87. The van der Waals surface area contributed by atoms with Crippen LogP contribution in [-0.4, -0.2) is 44.2 Å². The van der Waals surface area contributed by atoms with Crippen LogP contribution in [0.15, 0.2) is 0 Å². The number of hydrogen-bond donors (Lipinski definition) is 1. The SMILES string of the molecule is CCOCC(C)(N)C1CCOC2(CCOCC2)C1. The molecule has 2 fully saturated rings. The van der Waals surface area contributed by atoms with Gasteiger partial charge in [-0.1, -0.05) is 0 Å². The summed E-state index contributed by atoms with van der Waals surface area (Å²) in [7, 11) is 0. The minimum Gasteiger partial charge on any atom is -0.381 e. The summed E-state index contributed by atoms with van der Waals surface area (Å²) in [6, 6.07) is 0. The van der Waals surface area contributed by atoms with Gasteiger partial charge < -0.3 is 19.9 Å². The van der Waals surface area contributed by atoms with Crippen LogP contribution in [0.2, 0.25) is 0 Å². The smallest absolute Gasteiger partial charge is 0.0729 e. The third kappa shape index (κ3) is 3.23. The van der Waals surface area contributed by atoms with E-state index in [4.69, 9.17) is 19.9 Å². The van der Waals surface area contributed by atoms with E-state index < -0.39 is 0 Å². The lowest BCUT2D eigenvalue weighted by Crippen LogP contribution is -2.55. The Morgan fingerprint density at radius 1 is 1.33 bits per heavy atom. The van der Waals surface area contributed by atoms with Gasteiger partial charge in [-0.15, -0.1) is 0 Å². The Kier molecular flexibility index (Phi) is 4.64. The summed E-state index contributed by atoms with van der Waals surface area (Å²) >= 11 is 0. The van der Waals surface area contributed by atoms with Crippen LogP contribution < -0.4 is 5.73 Å². The van der Waals surface area contributed by atoms with Gasteiger partial charge in [0.05, 0.1) is 12.2 Å². The molecule has 0 radical (unpaired) electrons. The van der Waals surface area contributed by atoms with Gasteiger partial charge in [0.25, 0.3) is 0 Å². The highest BCUT2D eigenvalue weighted by Gasteiger charge is 2.44. The third-order valence-electron chi connectivity index (χ3n) is 4.45. The van der Waals surface area contributed by atoms with Gasteiger partial charge in [-0.2, -0.15) is 0 Å². The number of nitrogens with two attached hydrogens (primary N) is 1. The minimum atomic E-state index is -0.245. The Labute approximate surface area is 110 Å². The van der Waals surface area contributed by atoms with Crippen LogP contribution in [0.3, 0.4) is 0 Å². The lowest BCUT2D eigenvalue weighted by atomic mass is 9.73. The molecular formula is C14H27NO3. The predicted molar refractivity (Wildman–Crippen MR) is 70.5 cm³/mol. The summed E-state index contributed by atoms with van der Waals surface area (Å²) in [4.78, 5) is 0. The Bertz CT molecular complexity index is 256. The normalized spacial score (nSPS) is 31.2. The molecule has 0 bridgehead atoms. The molecule has 4 heteroatoms. The lowest BCUT2D eigenvalue weighted by Gasteiger charge is -2.47. The molecule has 2 N–H and O–H groups in total. The van der Waals surface area contributed by atoms with E-state index in [-0.39, 0.29) is 11.1 Å². The van der Waals surface area contributed by atoms with Crippen LogP contribution >= 0.6 is 0 Å². The van der Waals surface area contributed by atoms with Crippen molar-refractivity contribution in [3.63, 3.8) is 0 Å². The molecule has 1 spiro atoms. The first-order chi connectivity index (χ1) is 8.58. The van der Waals surface area contributed by atoms with Gasteiger partial charge >= 0.3 is 0 Å². The monoisotopic (exact) mass is 257 g/mol. The molecule has 0 aromatic heterocycles. The second-order valence-corrected chi connectivity index (χ2v) is 5.98. The van der Waals surface area contributed by atoms with Crippen molar-refractivity contribution in [2.24, 2.45) is 11.7 Å². The van der Waals surface area contributed by atoms with E-state index in [2.05, 4.69) is 6.92 Å². The van der Waals surface area contributed by atoms with Gasteiger partial charge in [-0.05, 0) is 45.4 Å². The van der Waals surface area contributed by atoms with Crippen molar-refractivity contribution in [1.82, 2.24) is 0 Å². The van der Waals surface area contributed by atoms with Crippen LogP contribution in [0.4, 0.5) is 0 Å². The molecule has 0 amide bonds. The molecule has 2 heterocycles. The molecular weight excluding hydrogens is 230 g/mol. The summed E-state index contributed by atoms with van der Waals surface area (Å²) in [5.74, 6) is 0.482. The quantitative estimate of drug-likeness (QED) is 0.833. The summed E-state index contributed by atoms with van der Waals surface area (Å²) in [5, 5.41) is 0. The van der Waals surface area contributed by atoms with Gasteiger partial charge in [-0.25, -0.2) is 0 Å². The zero-order valence-electron chi connectivity index (χ0n) is 11.7. The average Bonchev–Trinajstić information content (AvgIpc) is 2.37. The first-order valence-corrected chi connectivity index (χ1v) is 7.16. The van der Waals surface area contributed by atoms with E-state index in [0.717, 1.165) is 52.1 Å². The fourth-order valence-electron chi connectivity index (χ4n) is 3.12. The standard InChI is InChI=1S/C14H27NO3/c1-3-16-11-13(2,15)12-4-7-18-14(10-12)5-8-17-9-6-14/h12H,3-11,15H2,1-2H3. The topological polar surface area (TPSA) is 53.7 Å². The van der Waals surface area contributed by atoms with Crippen molar-refractivity contribution >= 4 is 0 Å². The molecule has 2 atom stereocenters. The minimum absolute atomic E-state index is 0.0218. The van der Waals surface area contributed by atoms with Crippen molar-refractivity contribution in [2.45, 2.75) is 50.7 Å². The van der Waals surface area contributed by atoms with Gasteiger partial charge in [0.15, 0.2) is 0 Å². The molecule has 2 saturated heterocycles. The van der Waals surface area contributed by atoms with Crippen LogP contribution in [0.5, 0.6) is 0 Å². The molecule has 0 aromatic rings. The highest BCUT2D eigenvalue weighted by Crippen LogP contribution is 2.40. The van der Waals surface area contributed by atoms with Crippen LogP contribution in [0, 0.1) is 5.92 Å². The Morgan fingerprint density at radius 3 is 2.72 bits per heavy atom. The zero-order valence-corrected chi connectivity index (χ0v) is 11.7. The molecule has 2 aliphatic heterocycles. The maximum atomic E-state index is 6.46. The Balaban J connectivity index is 1.96. The third-order valence-corrected chi connectivity index (χ3v) is 4.45. The zero-order chi connectivity index (χ0) is 13.1. The number of rotatable bonds is 4. The highest BCUT2D eigenvalue weighted by molar-refractivity contribution is 4.97. The molecule has 0 saturated carbocycles. The number of ether oxygens (including phenoxy) is 3. The largest absolute Gasteiger partial charge is 0.381 e. The van der Waals surface area contributed by atoms with E-state index in [1.807, 2.05) is 6.92 Å². The van der Waals surface area contributed by atoms with Gasteiger partial charge in [0.1, 0.15) is 0 Å². The van der Waals surface area contributed by atoms with Crippen molar-refractivity contribution in [3.8, 4) is 0 Å². The molecule has 18 heavy (non-hydrogen) atoms. The van der Waals surface area contributed by atoms with Crippen molar-refractivity contribution in [3.05, 3.63) is 0 Å². The van der Waals surface area contributed by atoms with E-state index in [1.165, 1.54) is 0 Å². The molecule has 0 aromatic carbocycles. The molecule has 4 nitrogen and oxygen atoms in total. The van der Waals surface area contributed by atoms with Gasteiger partial charge in [0, 0.05) is 32.0 Å². The second-order valence-electron chi connectivity index (χ2n) is 5.98. The van der Waals surface area contributed by atoms with E-state index in [9.17, 15) is 0 Å². The summed E-state index contributed by atoms with van der Waals surface area (Å²) in [6.07, 6.45) is 4.11. The predicted octanol–water partition coefficient (Wildman–Crippen LogP) is 1.72. The maximum absolute atomic E-state index is 6.46. The Hall–Kier alpha value is -0.160. The van der Waals surface area contributed by atoms with Crippen LogP contribution in [0.25, 0.3) is 0 Å². The van der Waals surface area contributed by atoms with E-state index in [0.29, 0.717) is 12.5 Å². The summed E-state index contributed by atoms with van der Waals surface area (Å²) < 4.78 is 17.0. The summed E-state index contributed by atoms with van der Waals surface area (Å²) in [5.41, 5.74) is 6.23.